The van der Waals surface area contributed by atoms with Gasteiger partial charge in [-0.2, -0.15) is 0 Å². The number of aliphatic hydroxyl groups is 1. The van der Waals surface area contributed by atoms with Crippen molar-refractivity contribution in [1.82, 2.24) is 0 Å². The van der Waals surface area contributed by atoms with Gasteiger partial charge in [0.25, 0.3) is 0 Å². The molecule has 2 rings (SSSR count). The van der Waals surface area contributed by atoms with Crippen molar-refractivity contribution in [3.8, 4) is 0 Å². The minimum atomic E-state index is -0.709. The second-order valence-electron chi connectivity index (χ2n) is 4.50. The molecule has 0 saturated carbocycles. The molecule has 4 heteroatoms. The zero-order chi connectivity index (χ0) is 12.6. The molecule has 2 N–H and O–H groups in total. The van der Waals surface area contributed by atoms with Crippen molar-refractivity contribution >= 4 is 11.6 Å². The zero-order valence-corrected chi connectivity index (χ0v) is 10.3. The number of carbonyl (C=O) groups excluding carboxylic acids is 1. The Morgan fingerprint density at radius 3 is 2.88 bits per heavy atom. The SMILES string of the molecule is COCC(O)c1cc(C)cc2c1NC(=O)C2C. The Morgan fingerprint density at radius 2 is 2.24 bits per heavy atom. The Bertz CT molecular complexity index is 456. The lowest BCUT2D eigenvalue weighted by molar-refractivity contribution is -0.116. The van der Waals surface area contributed by atoms with Crippen LogP contribution in [0.5, 0.6) is 0 Å². The molecule has 0 bridgehead atoms. The van der Waals surface area contributed by atoms with Crippen LogP contribution in [-0.2, 0) is 9.53 Å². The van der Waals surface area contributed by atoms with Gasteiger partial charge in [-0.3, -0.25) is 4.79 Å². The van der Waals surface area contributed by atoms with Crippen LogP contribution in [0.15, 0.2) is 12.1 Å². The highest BCUT2D eigenvalue weighted by atomic mass is 16.5. The fraction of sp³-hybridized carbons (Fsp3) is 0.462. The maximum atomic E-state index is 11.7. The van der Waals surface area contributed by atoms with Crippen molar-refractivity contribution in [2.75, 3.05) is 19.0 Å². The molecule has 1 aromatic rings. The minimum absolute atomic E-state index is 0.0172. The quantitative estimate of drug-likeness (QED) is 0.838. The van der Waals surface area contributed by atoms with Gasteiger partial charge in [-0.25, -0.2) is 0 Å². The maximum absolute atomic E-state index is 11.7. The van der Waals surface area contributed by atoms with E-state index in [0.29, 0.717) is 0 Å². The third-order valence-corrected chi connectivity index (χ3v) is 3.14. The molecule has 17 heavy (non-hydrogen) atoms. The van der Waals surface area contributed by atoms with Crippen LogP contribution in [0.2, 0.25) is 0 Å². The Balaban J connectivity index is 2.48. The van der Waals surface area contributed by atoms with Crippen LogP contribution >= 0.6 is 0 Å². The molecule has 0 fully saturated rings. The van der Waals surface area contributed by atoms with E-state index in [0.717, 1.165) is 22.4 Å². The summed E-state index contributed by atoms with van der Waals surface area (Å²) in [5, 5.41) is 12.8. The van der Waals surface area contributed by atoms with Crippen LogP contribution in [0.1, 0.15) is 35.6 Å². The van der Waals surface area contributed by atoms with Gasteiger partial charge in [0.2, 0.25) is 5.91 Å². The zero-order valence-electron chi connectivity index (χ0n) is 10.3. The normalized spacial score (nSPS) is 20.0. The van der Waals surface area contributed by atoms with Crippen molar-refractivity contribution < 1.29 is 14.6 Å². The van der Waals surface area contributed by atoms with E-state index in [-0.39, 0.29) is 18.4 Å². The number of amides is 1. The molecule has 0 aliphatic carbocycles. The smallest absolute Gasteiger partial charge is 0.231 e. The van der Waals surface area contributed by atoms with Crippen LogP contribution < -0.4 is 5.32 Å². The Kier molecular flexibility index (Phi) is 3.17. The van der Waals surface area contributed by atoms with Crippen LogP contribution in [-0.4, -0.2) is 24.7 Å². The van der Waals surface area contributed by atoms with Gasteiger partial charge >= 0.3 is 0 Å². The van der Waals surface area contributed by atoms with Crippen LogP contribution in [0.3, 0.4) is 0 Å². The second-order valence-corrected chi connectivity index (χ2v) is 4.50. The predicted octanol–water partition coefficient (Wildman–Crippen LogP) is 1.73. The molecule has 1 amide bonds. The lowest BCUT2D eigenvalue weighted by Gasteiger charge is -2.15. The van der Waals surface area contributed by atoms with Gasteiger partial charge in [0, 0.05) is 12.7 Å². The highest BCUT2D eigenvalue weighted by Crippen LogP contribution is 2.38. The third-order valence-electron chi connectivity index (χ3n) is 3.14. The first-order valence-electron chi connectivity index (χ1n) is 5.67. The number of hydrogen-bond donors (Lipinski definition) is 2. The summed E-state index contributed by atoms with van der Waals surface area (Å²) in [4.78, 5) is 11.7. The summed E-state index contributed by atoms with van der Waals surface area (Å²) < 4.78 is 4.95. The molecule has 0 aromatic heterocycles. The lowest BCUT2D eigenvalue weighted by atomic mass is 9.95. The molecule has 2 unspecified atom stereocenters. The number of aryl methyl sites for hydroxylation is 1. The van der Waals surface area contributed by atoms with Gasteiger partial charge in [-0.15, -0.1) is 0 Å². The summed E-state index contributed by atoms with van der Waals surface area (Å²) >= 11 is 0. The van der Waals surface area contributed by atoms with Gasteiger partial charge < -0.3 is 15.2 Å². The average Bonchev–Trinajstić information content (AvgIpc) is 2.55. The number of methoxy groups -OCH3 is 1. The van der Waals surface area contributed by atoms with E-state index in [1.54, 1.807) is 7.11 Å². The summed E-state index contributed by atoms with van der Waals surface area (Å²) in [5.74, 6) is -0.171. The van der Waals surface area contributed by atoms with Crippen LogP contribution in [0, 0.1) is 6.92 Å². The molecule has 2 atom stereocenters. The lowest BCUT2D eigenvalue weighted by Crippen LogP contribution is -2.11. The van der Waals surface area contributed by atoms with E-state index in [4.69, 9.17) is 4.74 Å². The summed E-state index contributed by atoms with van der Waals surface area (Å²) in [6.07, 6.45) is -0.709. The van der Waals surface area contributed by atoms with Crippen molar-refractivity contribution in [3.63, 3.8) is 0 Å². The number of aliphatic hydroxyl groups excluding tert-OH is 1. The summed E-state index contributed by atoms with van der Waals surface area (Å²) in [7, 11) is 1.54. The Morgan fingerprint density at radius 1 is 1.53 bits per heavy atom. The molecule has 1 aliphatic heterocycles. The number of carbonyl (C=O) groups is 1. The highest BCUT2D eigenvalue weighted by molar-refractivity contribution is 6.03. The van der Waals surface area contributed by atoms with Crippen molar-refractivity contribution in [1.29, 1.82) is 0 Å². The number of hydrogen-bond acceptors (Lipinski definition) is 3. The monoisotopic (exact) mass is 235 g/mol. The fourth-order valence-electron chi connectivity index (χ4n) is 2.21. The number of rotatable bonds is 3. The number of ether oxygens (including phenoxy) is 1. The molecule has 1 aliphatic rings. The van der Waals surface area contributed by atoms with Gasteiger partial charge in [0.1, 0.15) is 6.10 Å². The Labute approximate surface area is 101 Å². The average molecular weight is 235 g/mol. The van der Waals surface area contributed by atoms with E-state index in [9.17, 15) is 9.90 Å². The standard InChI is InChI=1S/C13H17NO3/c1-7-4-9-8(2)13(16)14-12(9)10(5-7)11(15)6-17-3/h4-5,8,11,15H,6H2,1-3H3,(H,14,16). The largest absolute Gasteiger partial charge is 0.386 e. The molecular formula is C13H17NO3. The van der Waals surface area contributed by atoms with E-state index in [2.05, 4.69) is 5.32 Å². The van der Waals surface area contributed by atoms with Gasteiger partial charge in [-0.05, 0) is 19.4 Å². The first-order valence-corrected chi connectivity index (χ1v) is 5.67. The van der Waals surface area contributed by atoms with E-state index < -0.39 is 6.10 Å². The fourth-order valence-corrected chi connectivity index (χ4v) is 2.21. The number of fused-ring (bicyclic) bond motifs is 1. The minimum Gasteiger partial charge on any atom is -0.386 e. The topological polar surface area (TPSA) is 58.6 Å². The number of anilines is 1. The maximum Gasteiger partial charge on any atom is 0.231 e. The molecule has 1 aromatic carbocycles. The van der Waals surface area contributed by atoms with Gasteiger partial charge in [0.15, 0.2) is 0 Å². The van der Waals surface area contributed by atoms with Crippen molar-refractivity contribution in [2.24, 2.45) is 0 Å². The van der Waals surface area contributed by atoms with Crippen molar-refractivity contribution in [2.45, 2.75) is 25.9 Å². The third kappa shape index (κ3) is 2.06. The van der Waals surface area contributed by atoms with E-state index >= 15 is 0 Å². The Hall–Kier alpha value is -1.39. The van der Waals surface area contributed by atoms with Gasteiger partial charge in [-0.1, -0.05) is 17.7 Å². The molecule has 1 heterocycles. The molecule has 4 nitrogen and oxygen atoms in total. The molecule has 0 radical (unpaired) electrons. The predicted molar refractivity (Wildman–Crippen MR) is 65.1 cm³/mol. The number of nitrogens with one attached hydrogen (secondary N) is 1. The molecule has 0 saturated heterocycles. The number of benzene rings is 1. The highest BCUT2D eigenvalue weighted by Gasteiger charge is 2.30. The van der Waals surface area contributed by atoms with Crippen molar-refractivity contribution in [3.05, 3.63) is 28.8 Å². The second kappa shape index (κ2) is 4.47. The van der Waals surface area contributed by atoms with E-state index in [1.807, 2.05) is 26.0 Å². The van der Waals surface area contributed by atoms with Crippen LogP contribution in [0.4, 0.5) is 5.69 Å². The molecule has 0 spiro atoms. The first kappa shape index (κ1) is 12.1. The van der Waals surface area contributed by atoms with Gasteiger partial charge in [0.05, 0.1) is 18.2 Å². The molecular weight excluding hydrogens is 218 g/mol. The molecule has 92 valence electrons. The summed E-state index contributed by atoms with van der Waals surface area (Å²) in [6.45, 7) is 4.05. The van der Waals surface area contributed by atoms with Crippen LogP contribution in [0.25, 0.3) is 0 Å². The summed E-state index contributed by atoms with van der Waals surface area (Å²) in [6, 6.07) is 3.88. The first-order chi connectivity index (χ1) is 8.04. The summed E-state index contributed by atoms with van der Waals surface area (Å²) in [5.41, 5.74) is 3.48. The van der Waals surface area contributed by atoms with E-state index in [1.165, 1.54) is 0 Å².